The number of aromatic nitrogens is 2. The standard InChI is InChI=1S/C16H14N2S/c1-18-8-4-6-12(18)10-15-17-16-13-7-3-2-5-11(13)9-14(16)19-15/h2-6,8-9H,7,10H2,1H3. The number of thiazole rings is 1. The van der Waals surface area contributed by atoms with Gasteiger partial charge in [-0.25, -0.2) is 4.98 Å². The second-order valence-electron chi connectivity index (χ2n) is 4.98. The van der Waals surface area contributed by atoms with E-state index in [1.165, 1.54) is 31.7 Å². The third-order valence-electron chi connectivity index (χ3n) is 3.74. The number of hydrogen-bond donors (Lipinski definition) is 0. The van der Waals surface area contributed by atoms with E-state index in [1.54, 1.807) is 0 Å². The van der Waals surface area contributed by atoms with Gasteiger partial charge in [-0.2, -0.15) is 0 Å². The molecule has 0 atom stereocenters. The molecule has 0 bridgehead atoms. The number of nitrogens with zero attached hydrogens (tertiary/aromatic N) is 2. The smallest absolute Gasteiger partial charge is 0.0997 e. The molecule has 0 aromatic carbocycles. The van der Waals surface area contributed by atoms with Crippen molar-refractivity contribution >= 4 is 23.0 Å². The molecule has 0 saturated carbocycles. The molecule has 2 nitrogen and oxygen atoms in total. The van der Waals surface area contributed by atoms with Gasteiger partial charge in [0.15, 0.2) is 0 Å². The normalized spacial score (nSPS) is 16.1. The summed E-state index contributed by atoms with van der Waals surface area (Å²) in [5.41, 5.74) is 4.06. The van der Waals surface area contributed by atoms with Gasteiger partial charge in [-0.15, -0.1) is 11.3 Å². The Morgan fingerprint density at radius 2 is 2.37 bits per heavy atom. The van der Waals surface area contributed by atoms with E-state index in [2.05, 4.69) is 54.2 Å². The predicted molar refractivity (Wildman–Crippen MR) is 79.3 cm³/mol. The monoisotopic (exact) mass is 266 g/mol. The van der Waals surface area contributed by atoms with E-state index >= 15 is 0 Å². The zero-order chi connectivity index (χ0) is 12.8. The summed E-state index contributed by atoms with van der Waals surface area (Å²) in [5, 5.41) is 2.42. The zero-order valence-electron chi connectivity index (χ0n) is 10.8. The van der Waals surface area contributed by atoms with E-state index in [1.807, 2.05) is 11.3 Å². The molecule has 3 heteroatoms. The maximum Gasteiger partial charge on any atom is 0.0997 e. The Labute approximate surface area is 115 Å². The van der Waals surface area contributed by atoms with E-state index in [-0.39, 0.29) is 0 Å². The van der Waals surface area contributed by atoms with Gasteiger partial charge in [0, 0.05) is 25.4 Å². The molecule has 0 unspecified atom stereocenters. The highest BCUT2D eigenvalue weighted by Crippen LogP contribution is 2.23. The average Bonchev–Trinajstić information content (AvgIpc) is 3.05. The van der Waals surface area contributed by atoms with Crippen LogP contribution in [0.1, 0.15) is 17.1 Å². The van der Waals surface area contributed by atoms with E-state index in [0.717, 1.165) is 12.8 Å². The maximum absolute atomic E-state index is 4.85. The summed E-state index contributed by atoms with van der Waals surface area (Å²) >= 11 is 1.83. The van der Waals surface area contributed by atoms with Crippen LogP contribution in [0.25, 0.3) is 11.6 Å². The van der Waals surface area contributed by atoms with E-state index in [4.69, 9.17) is 4.98 Å². The summed E-state index contributed by atoms with van der Waals surface area (Å²) < 4.78 is 3.49. The minimum absolute atomic E-state index is 0.928. The lowest BCUT2D eigenvalue weighted by Crippen LogP contribution is -2.19. The highest BCUT2D eigenvalue weighted by atomic mass is 32.1. The van der Waals surface area contributed by atoms with Crippen molar-refractivity contribution in [1.82, 2.24) is 9.55 Å². The Morgan fingerprint density at radius 1 is 1.42 bits per heavy atom. The number of rotatable bonds is 2. The molecule has 0 aliphatic heterocycles. The highest BCUT2D eigenvalue weighted by molar-refractivity contribution is 7.09. The summed E-state index contributed by atoms with van der Waals surface area (Å²) in [6.07, 6.45) is 12.8. The summed E-state index contributed by atoms with van der Waals surface area (Å²) in [4.78, 5) is 4.85. The number of allylic oxidation sites excluding steroid dienone is 4. The first-order valence-corrected chi connectivity index (χ1v) is 7.31. The Balaban J connectivity index is 1.77. The van der Waals surface area contributed by atoms with Crippen molar-refractivity contribution in [3.8, 4) is 0 Å². The van der Waals surface area contributed by atoms with Crippen molar-refractivity contribution < 1.29 is 0 Å². The molecule has 0 radical (unpaired) electrons. The third kappa shape index (κ3) is 1.73. The molecule has 2 heterocycles. The predicted octanol–water partition coefficient (Wildman–Crippen LogP) is 1.90. The van der Waals surface area contributed by atoms with Gasteiger partial charge in [0.1, 0.15) is 0 Å². The van der Waals surface area contributed by atoms with Gasteiger partial charge >= 0.3 is 0 Å². The van der Waals surface area contributed by atoms with Gasteiger partial charge < -0.3 is 4.57 Å². The number of fused-ring (bicyclic) bond motifs is 2. The van der Waals surface area contributed by atoms with Crippen LogP contribution in [0.2, 0.25) is 0 Å². The Bertz CT molecular complexity index is 830. The van der Waals surface area contributed by atoms with E-state index in [9.17, 15) is 0 Å². The minimum atomic E-state index is 0.928. The molecule has 0 spiro atoms. The molecule has 2 aromatic rings. The number of hydrogen-bond acceptors (Lipinski definition) is 2. The first-order valence-electron chi connectivity index (χ1n) is 6.49. The van der Waals surface area contributed by atoms with Crippen LogP contribution < -0.4 is 9.88 Å². The zero-order valence-corrected chi connectivity index (χ0v) is 11.6. The van der Waals surface area contributed by atoms with Crippen LogP contribution in [0.3, 0.4) is 0 Å². The quantitative estimate of drug-likeness (QED) is 0.812. The number of aryl methyl sites for hydroxylation is 1. The van der Waals surface area contributed by atoms with E-state index < -0.39 is 0 Å². The van der Waals surface area contributed by atoms with Gasteiger partial charge in [-0.3, -0.25) is 0 Å². The summed E-state index contributed by atoms with van der Waals surface area (Å²) in [6.45, 7) is 0. The molecule has 2 aliphatic carbocycles. The summed E-state index contributed by atoms with van der Waals surface area (Å²) in [6, 6.07) is 4.25. The van der Waals surface area contributed by atoms with Crippen molar-refractivity contribution in [2.24, 2.45) is 7.05 Å². The first-order chi connectivity index (χ1) is 9.31. The first kappa shape index (κ1) is 11.0. The minimum Gasteiger partial charge on any atom is -0.354 e. The average molecular weight is 266 g/mol. The van der Waals surface area contributed by atoms with Crippen LogP contribution in [0.5, 0.6) is 0 Å². The molecular weight excluding hydrogens is 252 g/mol. The fourth-order valence-electron chi connectivity index (χ4n) is 2.69. The molecule has 2 aliphatic rings. The lowest BCUT2D eigenvalue weighted by molar-refractivity contribution is 0.846. The van der Waals surface area contributed by atoms with Crippen molar-refractivity contribution in [3.63, 3.8) is 0 Å². The Kier molecular flexibility index (Phi) is 2.35. The second-order valence-corrected chi connectivity index (χ2v) is 6.10. The van der Waals surface area contributed by atoms with Crippen LogP contribution in [0, 0.1) is 0 Å². The van der Waals surface area contributed by atoms with Crippen LogP contribution in [0.15, 0.2) is 42.1 Å². The molecule has 19 heavy (non-hydrogen) atoms. The van der Waals surface area contributed by atoms with Crippen molar-refractivity contribution in [2.75, 3.05) is 0 Å². The molecule has 94 valence electrons. The van der Waals surface area contributed by atoms with Crippen LogP contribution in [-0.2, 0) is 13.5 Å². The van der Waals surface area contributed by atoms with Gasteiger partial charge in [-0.1, -0.05) is 18.2 Å². The van der Waals surface area contributed by atoms with Gasteiger partial charge in [-0.05, 0) is 35.8 Å². The van der Waals surface area contributed by atoms with Gasteiger partial charge in [0.2, 0.25) is 0 Å². The fraction of sp³-hybridized carbons (Fsp3) is 0.188. The molecule has 0 N–H and O–H groups in total. The van der Waals surface area contributed by atoms with Crippen molar-refractivity contribution in [1.29, 1.82) is 0 Å². The molecule has 0 saturated heterocycles. The Morgan fingerprint density at radius 3 is 3.21 bits per heavy atom. The summed E-state index contributed by atoms with van der Waals surface area (Å²) in [7, 11) is 2.09. The van der Waals surface area contributed by atoms with Crippen molar-refractivity contribution in [2.45, 2.75) is 12.8 Å². The summed E-state index contributed by atoms with van der Waals surface area (Å²) in [5.74, 6) is 0. The Hall–Kier alpha value is -1.87. The van der Waals surface area contributed by atoms with Crippen LogP contribution >= 0.6 is 11.3 Å². The van der Waals surface area contributed by atoms with Crippen molar-refractivity contribution in [3.05, 3.63) is 62.7 Å². The maximum atomic E-state index is 4.85. The lowest BCUT2D eigenvalue weighted by atomic mass is 10.0. The SMILES string of the molecule is Cn1cccc1Cc1nc2c(s1)=CC1=CC=CCC=21. The van der Waals surface area contributed by atoms with Gasteiger partial charge in [0.25, 0.3) is 0 Å². The third-order valence-corrected chi connectivity index (χ3v) is 4.74. The molecule has 0 fully saturated rings. The fourth-order valence-corrected chi connectivity index (χ4v) is 3.75. The molecule has 4 rings (SSSR count). The largest absolute Gasteiger partial charge is 0.354 e. The molecular formula is C16H14N2S. The second kappa shape index (κ2) is 4.07. The van der Waals surface area contributed by atoms with E-state index in [0.29, 0.717) is 0 Å². The van der Waals surface area contributed by atoms with Gasteiger partial charge in [0.05, 0.1) is 14.9 Å². The molecule has 0 amide bonds. The van der Waals surface area contributed by atoms with Crippen LogP contribution in [-0.4, -0.2) is 9.55 Å². The highest BCUT2D eigenvalue weighted by Gasteiger charge is 2.16. The topological polar surface area (TPSA) is 17.8 Å². The molecule has 2 aromatic heterocycles. The van der Waals surface area contributed by atoms with Crippen LogP contribution in [0.4, 0.5) is 0 Å². The lowest BCUT2D eigenvalue weighted by Gasteiger charge is -2.04.